The van der Waals surface area contributed by atoms with Crippen LogP contribution in [0.1, 0.15) is 12.8 Å². The molecular weight excluding hydrogens is 157 g/mol. The minimum Gasteiger partial charge on any atom is -0.285 e. The number of hydrogen-bond donors (Lipinski definition) is 0. The van der Waals surface area contributed by atoms with Gasteiger partial charge in [0.2, 0.25) is 0 Å². The largest absolute Gasteiger partial charge is 0.454 e. The molecule has 1 aliphatic rings. The first kappa shape index (κ1) is 8.30. The van der Waals surface area contributed by atoms with Gasteiger partial charge in [-0.25, -0.2) is 0 Å². The summed E-state index contributed by atoms with van der Waals surface area (Å²) in [5.41, 5.74) is 0. The molecule has 0 bridgehead atoms. The highest BCUT2D eigenvalue weighted by molar-refractivity contribution is 5.94. The normalized spacial score (nSPS) is 19.2. The first-order chi connectivity index (χ1) is 5.00. The van der Waals surface area contributed by atoms with Crippen molar-refractivity contribution in [1.29, 1.82) is 0 Å². The van der Waals surface area contributed by atoms with E-state index in [2.05, 4.69) is 0 Å². The zero-order chi connectivity index (χ0) is 8.48. The van der Waals surface area contributed by atoms with Gasteiger partial charge in [-0.1, -0.05) is 6.08 Å². The Bertz CT molecular complexity index is 188. The van der Waals surface area contributed by atoms with E-state index in [1.165, 1.54) is 6.08 Å². The predicted molar refractivity (Wildman–Crippen MR) is 32.9 cm³/mol. The predicted octanol–water partition coefficient (Wildman–Crippen LogP) is 2.08. The van der Waals surface area contributed by atoms with Crippen LogP contribution in [0.15, 0.2) is 12.2 Å². The summed E-state index contributed by atoms with van der Waals surface area (Å²) >= 11 is 0. The lowest BCUT2D eigenvalue weighted by molar-refractivity contribution is -0.165. The van der Waals surface area contributed by atoms with E-state index in [1.807, 2.05) is 0 Å². The average molecular weight is 164 g/mol. The number of carbonyl (C=O) groups excluding carboxylic acids is 1. The molecule has 0 saturated heterocycles. The Balaban J connectivity index is 2.41. The third-order valence-electron chi connectivity index (χ3n) is 1.42. The molecule has 4 heteroatoms. The van der Waals surface area contributed by atoms with Gasteiger partial charge < -0.3 is 0 Å². The first-order valence-corrected chi connectivity index (χ1v) is 3.29. The molecule has 1 nitrogen and oxygen atoms in total. The van der Waals surface area contributed by atoms with Gasteiger partial charge in [0.15, 0.2) is 0 Å². The van der Waals surface area contributed by atoms with E-state index < -0.39 is 12.0 Å². The van der Waals surface area contributed by atoms with Crippen LogP contribution in [0.4, 0.5) is 13.2 Å². The van der Waals surface area contributed by atoms with Crippen molar-refractivity contribution < 1.29 is 18.0 Å². The van der Waals surface area contributed by atoms with Crippen molar-refractivity contribution in [2.75, 3.05) is 0 Å². The van der Waals surface area contributed by atoms with Crippen LogP contribution in [-0.4, -0.2) is 12.0 Å². The first-order valence-electron chi connectivity index (χ1n) is 3.29. The lowest BCUT2D eigenvalue weighted by Gasteiger charge is -1.98. The van der Waals surface area contributed by atoms with Gasteiger partial charge in [0.05, 0.1) is 0 Å². The molecule has 0 atom stereocenters. The van der Waals surface area contributed by atoms with Crippen LogP contribution in [0.5, 0.6) is 0 Å². The monoisotopic (exact) mass is 164 g/mol. The Labute approximate surface area is 61.9 Å². The maximum absolute atomic E-state index is 11.5. The van der Waals surface area contributed by atoms with Gasteiger partial charge in [0.1, 0.15) is 0 Å². The summed E-state index contributed by atoms with van der Waals surface area (Å²) in [5.74, 6) is -1.55. The molecule has 62 valence electrons. The number of halogens is 3. The van der Waals surface area contributed by atoms with E-state index in [-0.39, 0.29) is 5.92 Å². The SMILES string of the molecule is O=C(/C=C/C1CC1)C(F)(F)F. The Hall–Kier alpha value is -0.800. The van der Waals surface area contributed by atoms with Crippen molar-refractivity contribution >= 4 is 5.78 Å². The second-order valence-electron chi connectivity index (χ2n) is 2.56. The zero-order valence-electron chi connectivity index (χ0n) is 5.69. The minimum absolute atomic E-state index is 0.210. The van der Waals surface area contributed by atoms with E-state index in [1.54, 1.807) is 0 Å². The van der Waals surface area contributed by atoms with Crippen LogP contribution in [0.25, 0.3) is 0 Å². The van der Waals surface area contributed by atoms with Crippen LogP contribution in [0, 0.1) is 5.92 Å². The van der Waals surface area contributed by atoms with Gasteiger partial charge in [-0.3, -0.25) is 4.79 Å². The molecule has 0 radical (unpaired) electrons. The fourth-order valence-corrected chi connectivity index (χ4v) is 0.607. The van der Waals surface area contributed by atoms with Gasteiger partial charge in [0, 0.05) is 0 Å². The van der Waals surface area contributed by atoms with Crippen molar-refractivity contribution in [2.45, 2.75) is 19.0 Å². The molecule has 0 aromatic heterocycles. The Morgan fingerprint density at radius 3 is 2.27 bits per heavy atom. The molecule has 0 heterocycles. The highest BCUT2D eigenvalue weighted by Gasteiger charge is 2.36. The van der Waals surface area contributed by atoms with E-state index >= 15 is 0 Å². The molecule has 0 aliphatic heterocycles. The third kappa shape index (κ3) is 2.74. The van der Waals surface area contributed by atoms with Gasteiger partial charge >= 0.3 is 6.18 Å². The summed E-state index contributed by atoms with van der Waals surface area (Å²) in [5, 5.41) is 0. The summed E-state index contributed by atoms with van der Waals surface area (Å²) in [4.78, 5) is 10.2. The van der Waals surface area contributed by atoms with Crippen molar-refractivity contribution in [1.82, 2.24) is 0 Å². The van der Waals surface area contributed by atoms with Crippen LogP contribution in [0.3, 0.4) is 0 Å². The summed E-state index contributed by atoms with van der Waals surface area (Å²) in [6.45, 7) is 0. The van der Waals surface area contributed by atoms with E-state index in [0.717, 1.165) is 12.8 Å². The second-order valence-corrected chi connectivity index (χ2v) is 2.56. The molecule has 0 aromatic rings. The minimum atomic E-state index is -4.70. The van der Waals surface area contributed by atoms with Crippen LogP contribution in [0.2, 0.25) is 0 Å². The molecule has 1 fully saturated rings. The number of allylic oxidation sites excluding steroid dienone is 2. The van der Waals surface area contributed by atoms with Crippen LogP contribution in [-0.2, 0) is 4.79 Å². The van der Waals surface area contributed by atoms with E-state index in [9.17, 15) is 18.0 Å². The Morgan fingerprint density at radius 1 is 1.36 bits per heavy atom. The fraction of sp³-hybridized carbons (Fsp3) is 0.571. The standard InChI is InChI=1S/C7H7F3O/c8-7(9,10)6(11)4-3-5-1-2-5/h3-5H,1-2H2/b4-3+. The molecular formula is C7H7F3O. The van der Waals surface area contributed by atoms with Crippen LogP contribution >= 0.6 is 0 Å². The van der Waals surface area contributed by atoms with Gasteiger partial charge in [0.25, 0.3) is 5.78 Å². The Kier molecular flexibility index (Phi) is 2.02. The van der Waals surface area contributed by atoms with Crippen molar-refractivity contribution in [3.8, 4) is 0 Å². The fourth-order valence-electron chi connectivity index (χ4n) is 0.607. The smallest absolute Gasteiger partial charge is 0.285 e. The molecule has 0 N–H and O–H groups in total. The lowest BCUT2D eigenvalue weighted by atomic mass is 10.3. The zero-order valence-corrected chi connectivity index (χ0v) is 5.69. The summed E-state index contributed by atoms with van der Waals surface area (Å²) in [6, 6.07) is 0. The average Bonchev–Trinajstić information content (AvgIpc) is 2.62. The highest BCUT2D eigenvalue weighted by Crippen LogP contribution is 2.30. The number of hydrogen-bond acceptors (Lipinski definition) is 1. The van der Waals surface area contributed by atoms with Crippen LogP contribution < -0.4 is 0 Å². The summed E-state index contributed by atoms with van der Waals surface area (Å²) < 4.78 is 34.6. The topological polar surface area (TPSA) is 17.1 Å². The molecule has 0 unspecified atom stereocenters. The Morgan fingerprint density at radius 2 is 1.91 bits per heavy atom. The van der Waals surface area contributed by atoms with Gasteiger partial charge in [-0.2, -0.15) is 13.2 Å². The number of rotatable bonds is 2. The molecule has 0 spiro atoms. The highest BCUT2D eigenvalue weighted by atomic mass is 19.4. The third-order valence-corrected chi connectivity index (χ3v) is 1.42. The van der Waals surface area contributed by atoms with E-state index in [4.69, 9.17) is 0 Å². The van der Waals surface area contributed by atoms with Gasteiger partial charge in [-0.15, -0.1) is 0 Å². The van der Waals surface area contributed by atoms with Gasteiger partial charge in [-0.05, 0) is 24.8 Å². The van der Waals surface area contributed by atoms with Crippen molar-refractivity contribution in [2.24, 2.45) is 5.92 Å². The molecule has 11 heavy (non-hydrogen) atoms. The summed E-state index contributed by atoms with van der Waals surface area (Å²) in [6.07, 6.45) is -0.942. The number of alkyl halides is 3. The lowest BCUT2D eigenvalue weighted by Crippen LogP contribution is -2.19. The number of carbonyl (C=O) groups is 1. The number of ketones is 1. The van der Waals surface area contributed by atoms with Crippen molar-refractivity contribution in [3.63, 3.8) is 0 Å². The molecule has 0 amide bonds. The molecule has 1 rings (SSSR count). The maximum atomic E-state index is 11.5. The maximum Gasteiger partial charge on any atom is 0.454 e. The molecule has 1 saturated carbocycles. The summed E-state index contributed by atoms with van der Waals surface area (Å²) in [7, 11) is 0. The quantitative estimate of drug-likeness (QED) is 0.571. The second kappa shape index (κ2) is 2.68. The van der Waals surface area contributed by atoms with E-state index in [0.29, 0.717) is 6.08 Å². The van der Waals surface area contributed by atoms with Crippen molar-refractivity contribution in [3.05, 3.63) is 12.2 Å². The molecule has 0 aromatic carbocycles. The molecule has 1 aliphatic carbocycles.